The molecular formula is C36H44Cl2N6O5S. The molecule has 3 aromatic carbocycles. The Balaban J connectivity index is 1.68. The third-order valence-electron chi connectivity index (χ3n) is 9.06. The lowest BCUT2D eigenvalue weighted by molar-refractivity contribution is -0.123. The molecule has 2 N–H and O–H groups in total. The molecule has 2 aliphatic rings. The Labute approximate surface area is 304 Å². The van der Waals surface area contributed by atoms with Gasteiger partial charge in [0.1, 0.15) is 17.6 Å². The van der Waals surface area contributed by atoms with E-state index in [0.29, 0.717) is 60.7 Å². The van der Waals surface area contributed by atoms with Gasteiger partial charge in [-0.3, -0.25) is 19.6 Å². The highest BCUT2D eigenvalue weighted by molar-refractivity contribution is 7.89. The van der Waals surface area contributed by atoms with E-state index in [0.717, 1.165) is 11.1 Å². The zero-order valence-corrected chi connectivity index (χ0v) is 31.3. The number of aliphatic imine (C=N–C) groups is 1. The molecule has 3 amide bonds. The van der Waals surface area contributed by atoms with Crippen molar-refractivity contribution < 1.29 is 22.7 Å². The first-order valence-corrected chi connectivity index (χ1v) is 18.9. The molecule has 0 aromatic heterocycles. The fourth-order valence-corrected chi connectivity index (χ4v) is 8.02. The Morgan fingerprint density at radius 2 is 1.52 bits per heavy atom. The first-order chi connectivity index (χ1) is 23.7. The summed E-state index contributed by atoms with van der Waals surface area (Å²) in [6, 6.07) is 17.2. The molecule has 0 radical (unpaired) electrons. The third kappa shape index (κ3) is 7.94. The van der Waals surface area contributed by atoms with Crippen LogP contribution in [0.25, 0.3) is 0 Å². The van der Waals surface area contributed by atoms with E-state index in [-0.39, 0.29) is 22.7 Å². The summed E-state index contributed by atoms with van der Waals surface area (Å²) in [6.45, 7) is 9.70. The monoisotopic (exact) mass is 742 g/mol. The van der Waals surface area contributed by atoms with Crippen LogP contribution in [0.15, 0.2) is 76.6 Å². The molecule has 1 fully saturated rings. The number of urea groups is 1. The Morgan fingerprint density at radius 1 is 0.940 bits per heavy atom. The standard InChI is InChI=1S/C36H44Cl2N6O5S/c1-6-49-31-16-15-29(50(47,48)41(5)22-23(2)3)21-30(31)35-40-32(25-7-11-27(37)12-8-25)33(26-9-13-28(38)14-10-26)44(35)36(46)43-19-17-42(18-20-43)24(4)34(39)45/h7-16,21,23-24,32-33H,6,17-20,22H2,1-5H3,(H2,39,45). The van der Waals surface area contributed by atoms with E-state index in [9.17, 15) is 18.0 Å². The van der Waals surface area contributed by atoms with E-state index in [1.54, 1.807) is 60.2 Å². The summed E-state index contributed by atoms with van der Waals surface area (Å²) in [7, 11) is -2.35. The minimum atomic E-state index is -3.90. The number of hydrogen-bond donors (Lipinski definition) is 1. The molecule has 1 saturated heterocycles. The SMILES string of the molecule is CCOc1ccc(S(=O)(=O)N(C)CC(C)C)cc1C1=NC(c2ccc(Cl)cc2)C(c2ccc(Cl)cc2)N1C(=O)N1CCN(C(C)C(N)=O)CC1. The maximum atomic E-state index is 14.9. The zero-order valence-electron chi connectivity index (χ0n) is 28.9. The maximum absolute atomic E-state index is 14.9. The van der Waals surface area contributed by atoms with Crippen molar-refractivity contribution in [2.45, 2.75) is 50.7 Å². The molecule has 0 spiro atoms. The molecule has 2 aliphatic heterocycles. The summed E-state index contributed by atoms with van der Waals surface area (Å²) in [5.74, 6) is 0.344. The second-order valence-corrected chi connectivity index (χ2v) is 15.9. The number of primary amides is 1. The summed E-state index contributed by atoms with van der Waals surface area (Å²) in [5, 5.41) is 1.09. The van der Waals surface area contributed by atoms with Crippen molar-refractivity contribution >= 4 is 51.0 Å². The van der Waals surface area contributed by atoms with Gasteiger partial charge in [0.2, 0.25) is 15.9 Å². The molecule has 0 saturated carbocycles. The van der Waals surface area contributed by atoms with E-state index in [2.05, 4.69) is 0 Å². The number of piperazine rings is 1. The maximum Gasteiger partial charge on any atom is 0.326 e. The number of carbonyl (C=O) groups is 2. The van der Waals surface area contributed by atoms with E-state index in [4.69, 9.17) is 38.7 Å². The molecule has 268 valence electrons. The van der Waals surface area contributed by atoms with Crippen LogP contribution in [-0.4, -0.2) is 97.6 Å². The largest absolute Gasteiger partial charge is 0.493 e. The van der Waals surface area contributed by atoms with Crippen LogP contribution in [0.5, 0.6) is 5.75 Å². The molecule has 3 unspecified atom stereocenters. The normalized spacial score (nSPS) is 19.2. The number of carbonyl (C=O) groups excluding carboxylic acids is 2. The molecule has 5 rings (SSSR count). The third-order valence-corrected chi connectivity index (χ3v) is 11.4. The number of rotatable bonds is 11. The van der Waals surface area contributed by atoms with Gasteiger partial charge in [-0.1, -0.05) is 61.3 Å². The summed E-state index contributed by atoms with van der Waals surface area (Å²) < 4.78 is 35.1. The fourth-order valence-electron chi connectivity index (χ4n) is 6.41. The number of sulfonamides is 1. The van der Waals surface area contributed by atoms with E-state index >= 15 is 0 Å². The van der Waals surface area contributed by atoms with Crippen molar-refractivity contribution in [2.24, 2.45) is 16.6 Å². The van der Waals surface area contributed by atoms with Crippen molar-refractivity contribution in [3.63, 3.8) is 0 Å². The average molecular weight is 744 g/mol. The van der Waals surface area contributed by atoms with Crippen molar-refractivity contribution in [1.82, 2.24) is 19.0 Å². The van der Waals surface area contributed by atoms with Crippen LogP contribution in [0.4, 0.5) is 4.79 Å². The highest BCUT2D eigenvalue weighted by atomic mass is 35.5. The molecule has 2 heterocycles. The van der Waals surface area contributed by atoms with Crippen LogP contribution < -0.4 is 10.5 Å². The number of benzene rings is 3. The number of ether oxygens (including phenoxy) is 1. The number of hydrogen-bond acceptors (Lipinski definition) is 7. The second-order valence-electron chi connectivity index (χ2n) is 13.0. The van der Waals surface area contributed by atoms with Gasteiger partial charge >= 0.3 is 6.03 Å². The quantitative estimate of drug-likeness (QED) is 0.264. The Morgan fingerprint density at radius 3 is 2.06 bits per heavy atom. The minimum Gasteiger partial charge on any atom is -0.493 e. The van der Waals surface area contributed by atoms with Crippen LogP contribution in [0.2, 0.25) is 10.0 Å². The lowest BCUT2D eigenvalue weighted by Crippen LogP contribution is -2.57. The Bertz CT molecular complexity index is 1830. The van der Waals surface area contributed by atoms with Crippen LogP contribution in [0, 0.1) is 5.92 Å². The van der Waals surface area contributed by atoms with Gasteiger partial charge in [-0.2, -0.15) is 0 Å². The molecule has 0 bridgehead atoms. The predicted octanol–water partition coefficient (Wildman–Crippen LogP) is 5.82. The van der Waals surface area contributed by atoms with Crippen molar-refractivity contribution in [1.29, 1.82) is 0 Å². The first kappa shape index (κ1) is 37.6. The summed E-state index contributed by atoms with van der Waals surface area (Å²) in [5.41, 5.74) is 7.54. The van der Waals surface area contributed by atoms with E-state index in [1.807, 2.05) is 49.9 Å². The lowest BCUT2D eigenvalue weighted by atomic mass is 9.93. The van der Waals surface area contributed by atoms with Gasteiger partial charge in [-0.25, -0.2) is 17.5 Å². The summed E-state index contributed by atoms with van der Waals surface area (Å²) in [6.07, 6.45) is 0. The fraction of sp³-hybridized carbons (Fsp3) is 0.417. The summed E-state index contributed by atoms with van der Waals surface area (Å²) >= 11 is 12.6. The van der Waals surface area contributed by atoms with E-state index in [1.165, 1.54) is 10.4 Å². The number of halogens is 2. The number of nitrogens with two attached hydrogens (primary N) is 1. The predicted molar refractivity (Wildman–Crippen MR) is 196 cm³/mol. The van der Waals surface area contributed by atoms with Gasteiger partial charge in [0, 0.05) is 49.8 Å². The molecule has 0 aliphatic carbocycles. The minimum absolute atomic E-state index is 0.0567. The van der Waals surface area contributed by atoms with E-state index < -0.39 is 34.1 Å². The van der Waals surface area contributed by atoms with Crippen LogP contribution in [0.1, 0.15) is 56.5 Å². The molecule has 11 nitrogen and oxygen atoms in total. The summed E-state index contributed by atoms with van der Waals surface area (Å²) in [4.78, 5) is 37.4. The first-order valence-electron chi connectivity index (χ1n) is 16.7. The van der Waals surface area contributed by atoms with Crippen molar-refractivity contribution in [2.75, 3.05) is 46.4 Å². The average Bonchev–Trinajstić information content (AvgIpc) is 3.48. The zero-order chi connectivity index (χ0) is 36.3. The Kier molecular flexibility index (Phi) is 11.8. The van der Waals surface area contributed by atoms with Crippen LogP contribution in [-0.2, 0) is 14.8 Å². The highest BCUT2D eigenvalue weighted by Gasteiger charge is 2.45. The number of nitrogens with zero attached hydrogens (tertiary/aromatic N) is 5. The van der Waals surface area contributed by atoms with Crippen LogP contribution in [0.3, 0.4) is 0 Å². The highest BCUT2D eigenvalue weighted by Crippen LogP contribution is 2.46. The smallest absolute Gasteiger partial charge is 0.326 e. The number of amidine groups is 1. The molecule has 14 heteroatoms. The van der Waals surface area contributed by atoms with Gasteiger partial charge in [0.15, 0.2) is 0 Å². The molecule has 3 atom stereocenters. The van der Waals surface area contributed by atoms with Crippen molar-refractivity contribution in [3.8, 4) is 5.75 Å². The molecular weight excluding hydrogens is 699 g/mol. The van der Waals surface area contributed by atoms with Gasteiger partial charge in [0.25, 0.3) is 0 Å². The van der Waals surface area contributed by atoms with Crippen molar-refractivity contribution in [3.05, 3.63) is 93.5 Å². The van der Waals surface area contributed by atoms with Crippen LogP contribution >= 0.6 is 23.2 Å². The molecule has 50 heavy (non-hydrogen) atoms. The Hall–Kier alpha value is -3.68. The second kappa shape index (κ2) is 15.7. The van der Waals surface area contributed by atoms with Gasteiger partial charge < -0.3 is 15.4 Å². The van der Waals surface area contributed by atoms with Gasteiger partial charge in [-0.15, -0.1) is 0 Å². The van der Waals surface area contributed by atoms with Gasteiger partial charge in [0.05, 0.1) is 29.1 Å². The van der Waals surface area contributed by atoms with Gasteiger partial charge in [-0.05, 0) is 73.4 Å². The number of amides is 3. The molecule has 3 aromatic rings. The lowest BCUT2D eigenvalue weighted by Gasteiger charge is -2.40. The topological polar surface area (TPSA) is 129 Å².